The SMILES string of the molecule is Cc1ccc(C2(C#N)CC2(C)C)cc1. The Balaban J connectivity index is 2.42. The molecule has 0 bridgehead atoms. The summed E-state index contributed by atoms with van der Waals surface area (Å²) in [5, 5.41) is 9.26. The maximum absolute atomic E-state index is 9.26. The van der Waals surface area contributed by atoms with Gasteiger partial charge in [-0.25, -0.2) is 0 Å². The summed E-state index contributed by atoms with van der Waals surface area (Å²) in [4.78, 5) is 0. The predicted octanol–water partition coefficient (Wildman–Crippen LogP) is 3.19. The molecule has 0 N–H and O–H groups in total. The van der Waals surface area contributed by atoms with Crippen molar-refractivity contribution in [2.45, 2.75) is 32.6 Å². The van der Waals surface area contributed by atoms with Crippen LogP contribution in [0.5, 0.6) is 0 Å². The minimum absolute atomic E-state index is 0.150. The summed E-state index contributed by atoms with van der Waals surface area (Å²) < 4.78 is 0. The van der Waals surface area contributed by atoms with Crippen LogP contribution in [-0.4, -0.2) is 0 Å². The molecular formula is C13H15N. The molecule has 1 aromatic carbocycles. The van der Waals surface area contributed by atoms with Crippen molar-refractivity contribution in [1.29, 1.82) is 5.26 Å². The molecule has 1 nitrogen and oxygen atoms in total. The third-order valence-corrected chi connectivity index (χ3v) is 3.47. The average Bonchev–Trinajstić information content (AvgIpc) is 2.71. The zero-order valence-corrected chi connectivity index (χ0v) is 8.96. The maximum atomic E-state index is 9.26. The minimum Gasteiger partial charge on any atom is -0.197 e. The molecule has 1 heteroatoms. The van der Waals surface area contributed by atoms with Gasteiger partial charge in [-0.1, -0.05) is 43.7 Å². The predicted molar refractivity (Wildman–Crippen MR) is 56.9 cm³/mol. The second-order valence-electron chi connectivity index (χ2n) is 4.94. The van der Waals surface area contributed by atoms with E-state index in [0.717, 1.165) is 6.42 Å². The third kappa shape index (κ3) is 1.07. The maximum Gasteiger partial charge on any atom is 0.0879 e. The van der Waals surface area contributed by atoms with Gasteiger partial charge < -0.3 is 0 Å². The molecule has 0 saturated heterocycles. The normalized spacial score (nSPS) is 28.1. The molecule has 1 unspecified atom stereocenters. The van der Waals surface area contributed by atoms with Crippen LogP contribution >= 0.6 is 0 Å². The Kier molecular flexibility index (Phi) is 1.72. The van der Waals surface area contributed by atoms with Gasteiger partial charge in [-0.15, -0.1) is 0 Å². The van der Waals surface area contributed by atoms with Crippen molar-refractivity contribution in [2.24, 2.45) is 5.41 Å². The van der Waals surface area contributed by atoms with Gasteiger partial charge >= 0.3 is 0 Å². The highest BCUT2D eigenvalue weighted by Crippen LogP contribution is 2.63. The molecular weight excluding hydrogens is 170 g/mol. The van der Waals surface area contributed by atoms with Crippen LogP contribution in [0.1, 0.15) is 31.4 Å². The summed E-state index contributed by atoms with van der Waals surface area (Å²) in [7, 11) is 0. The molecule has 72 valence electrons. The zero-order chi connectivity index (χ0) is 10.4. The van der Waals surface area contributed by atoms with Crippen molar-refractivity contribution in [2.75, 3.05) is 0 Å². The number of benzene rings is 1. The molecule has 2 rings (SSSR count). The Morgan fingerprint density at radius 3 is 2.07 bits per heavy atom. The van der Waals surface area contributed by atoms with Crippen LogP contribution in [-0.2, 0) is 5.41 Å². The highest BCUT2D eigenvalue weighted by molar-refractivity contribution is 5.45. The Hall–Kier alpha value is -1.29. The van der Waals surface area contributed by atoms with Gasteiger partial charge in [0.15, 0.2) is 0 Å². The number of hydrogen-bond acceptors (Lipinski definition) is 1. The van der Waals surface area contributed by atoms with Gasteiger partial charge in [0.25, 0.3) is 0 Å². The van der Waals surface area contributed by atoms with Gasteiger partial charge in [-0.2, -0.15) is 5.26 Å². The fourth-order valence-corrected chi connectivity index (χ4v) is 2.21. The van der Waals surface area contributed by atoms with Crippen molar-refractivity contribution in [1.82, 2.24) is 0 Å². The lowest BCUT2D eigenvalue weighted by atomic mass is 9.89. The molecule has 0 heterocycles. The lowest BCUT2D eigenvalue weighted by Gasteiger charge is -2.12. The average molecular weight is 185 g/mol. The van der Waals surface area contributed by atoms with E-state index in [1.54, 1.807) is 0 Å². The second kappa shape index (κ2) is 2.60. The largest absolute Gasteiger partial charge is 0.197 e. The molecule has 0 aromatic heterocycles. The minimum atomic E-state index is -0.222. The van der Waals surface area contributed by atoms with Gasteiger partial charge in [0.2, 0.25) is 0 Å². The summed E-state index contributed by atoms with van der Waals surface area (Å²) in [5.74, 6) is 0. The number of hydrogen-bond donors (Lipinski definition) is 0. The Labute approximate surface area is 85.4 Å². The lowest BCUT2D eigenvalue weighted by molar-refractivity contribution is 0.570. The number of aryl methyl sites for hydroxylation is 1. The van der Waals surface area contributed by atoms with Crippen LogP contribution in [0.4, 0.5) is 0 Å². The summed E-state index contributed by atoms with van der Waals surface area (Å²) in [6, 6.07) is 10.8. The van der Waals surface area contributed by atoms with Gasteiger partial charge in [0.1, 0.15) is 0 Å². The highest BCUT2D eigenvalue weighted by Gasteiger charge is 2.62. The van der Waals surface area contributed by atoms with E-state index in [0.29, 0.717) is 0 Å². The topological polar surface area (TPSA) is 23.8 Å². The van der Waals surface area contributed by atoms with Crippen molar-refractivity contribution in [3.63, 3.8) is 0 Å². The van der Waals surface area contributed by atoms with Crippen LogP contribution in [0.3, 0.4) is 0 Å². The second-order valence-corrected chi connectivity index (χ2v) is 4.94. The van der Waals surface area contributed by atoms with Crippen molar-refractivity contribution in [3.05, 3.63) is 35.4 Å². The molecule has 1 saturated carbocycles. The highest BCUT2D eigenvalue weighted by atomic mass is 14.6. The van der Waals surface area contributed by atoms with Gasteiger partial charge in [-0.3, -0.25) is 0 Å². The van der Waals surface area contributed by atoms with E-state index >= 15 is 0 Å². The Morgan fingerprint density at radius 2 is 1.71 bits per heavy atom. The van der Waals surface area contributed by atoms with Crippen LogP contribution < -0.4 is 0 Å². The molecule has 1 fully saturated rings. The number of nitrogens with zero attached hydrogens (tertiary/aromatic N) is 1. The molecule has 0 spiro atoms. The first-order chi connectivity index (χ1) is 6.52. The van der Waals surface area contributed by atoms with Crippen molar-refractivity contribution >= 4 is 0 Å². The van der Waals surface area contributed by atoms with E-state index in [-0.39, 0.29) is 10.8 Å². The van der Waals surface area contributed by atoms with E-state index in [9.17, 15) is 5.26 Å². The molecule has 0 amide bonds. The van der Waals surface area contributed by atoms with Crippen LogP contribution in [0.15, 0.2) is 24.3 Å². The fourth-order valence-electron chi connectivity index (χ4n) is 2.21. The van der Waals surface area contributed by atoms with E-state index in [2.05, 4.69) is 51.1 Å². The quantitative estimate of drug-likeness (QED) is 0.659. The van der Waals surface area contributed by atoms with Gasteiger partial charge in [0.05, 0.1) is 11.5 Å². The van der Waals surface area contributed by atoms with E-state index in [1.165, 1.54) is 11.1 Å². The Morgan fingerprint density at radius 1 is 1.21 bits per heavy atom. The summed E-state index contributed by atoms with van der Waals surface area (Å²) in [5.41, 5.74) is 2.36. The smallest absolute Gasteiger partial charge is 0.0879 e. The monoisotopic (exact) mass is 185 g/mol. The molecule has 14 heavy (non-hydrogen) atoms. The van der Waals surface area contributed by atoms with E-state index in [1.807, 2.05) is 0 Å². The molecule has 0 radical (unpaired) electrons. The first-order valence-electron chi connectivity index (χ1n) is 5.00. The number of rotatable bonds is 1. The van der Waals surface area contributed by atoms with Crippen LogP contribution in [0.25, 0.3) is 0 Å². The third-order valence-electron chi connectivity index (χ3n) is 3.47. The van der Waals surface area contributed by atoms with Gasteiger partial charge in [0, 0.05) is 0 Å². The molecule has 1 aliphatic carbocycles. The van der Waals surface area contributed by atoms with Crippen LogP contribution in [0.2, 0.25) is 0 Å². The molecule has 0 aliphatic heterocycles. The fraction of sp³-hybridized carbons (Fsp3) is 0.462. The van der Waals surface area contributed by atoms with Gasteiger partial charge in [-0.05, 0) is 24.3 Å². The first-order valence-corrected chi connectivity index (χ1v) is 5.00. The summed E-state index contributed by atoms with van der Waals surface area (Å²) in [6.07, 6.45) is 0.986. The Bertz CT molecular complexity index is 394. The van der Waals surface area contributed by atoms with E-state index < -0.39 is 0 Å². The van der Waals surface area contributed by atoms with Crippen molar-refractivity contribution in [3.8, 4) is 6.07 Å². The standard InChI is InChI=1S/C13H15N/c1-10-4-6-11(7-5-10)13(9-14)8-12(13,2)3/h4-7H,8H2,1-3H3. The van der Waals surface area contributed by atoms with Crippen LogP contribution in [0, 0.1) is 23.7 Å². The first kappa shape index (κ1) is 9.27. The zero-order valence-electron chi connectivity index (χ0n) is 8.96. The molecule has 1 aromatic rings. The molecule has 1 aliphatic rings. The summed E-state index contributed by atoms with van der Waals surface area (Å²) >= 11 is 0. The van der Waals surface area contributed by atoms with E-state index in [4.69, 9.17) is 0 Å². The number of nitriles is 1. The van der Waals surface area contributed by atoms with Crippen molar-refractivity contribution < 1.29 is 0 Å². The lowest BCUT2D eigenvalue weighted by Crippen LogP contribution is -2.11. The summed E-state index contributed by atoms with van der Waals surface area (Å²) in [6.45, 7) is 6.40. The molecule has 1 atom stereocenters.